The summed E-state index contributed by atoms with van der Waals surface area (Å²) in [6.45, 7) is 0. The zero-order valence-corrected chi connectivity index (χ0v) is 13.0. The van der Waals surface area contributed by atoms with Crippen molar-refractivity contribution in [2.24, 2.45) is 0 Å². The summed E-state index contributed by atoms with van der Waals surface area (Å²) in [5.74, 6) is 0. The summed E-state index contributed by atoms with van der Waals surface area (Å²) in [6.07, 6.45) is 1.41. The van der Waals surface area contributed by atoms with Gasteiger partial charge in [-0.3, -0.25) is 9.59 Å². The fourth-order valence-corrected chi connectivity index (χ4v) is 5.13. The van der Waals surface area contributed by atoms with Gasteiger partial charge in [0.25, 0.3) is 10.2 Å². The zero-order chi connectivity index (χ0) is 14.7. The minimum Gasteiger partial charge on any atom is -0.277 e. The molecule has 1 heterocycles. The number of hydrogen-bond acceptors (Lipinski definition) is 4. The van der Waals surface area contributed by atoms with Gasteiger partial charge in [0.1, 0.15) is 0 Å². The van der Waals surface area contributed by atoms with E-state index in [0.717, 1.165) is 11.1 Å². The first-order valence-corrected chi connectivity index (χ1v) is 8.34. The highest BCUT2D eigenvalue weighted by molar-refractivity contribution is 8.40. The molecule has 0 N–H and O–H groups in total. The largest absolute Gasteiger partial charge is 0.277 e. The van der Waals surface area contributed by atoms with E-state index in [1.54, 1.807) is 0 Å². The van der Waals surface area contributed by atoms with Gasteiger partial charge in [0, 0.05) is 0 Å². The maximum atomic E-state index is 11.8. The molecule has 1 aliphatic rings. The molecule has 106 valence electrons. The van der Waals surface area contributed by atoms with Crippen molar-refractivity contribution in [3.05, 3.63) is 71.8 Å². The standard InChI is InChI=1S/C17H14O2S2/c18-15-16(19)21-17(20-15,11-13-7-3-1-4-8-13)12-14-9-5-2-6-10-14/h1-10H,11-12H2. The molecule has 3 rings (SSSR count). The molecule has 0 aliphatic carbocycles. The van der Waals surface area contributed by atoms with Crippen molar-refractivity contribution in [3.8, 4) is 0 Å². The number of benzene rings is 2. The Labute approximate surface area is 132 Å². The predicted octanol–water partition coefficient (Wildman–Crippen LogP) is 3.70. The molecule has 4 heteroatoms. The van der Waals surface area contributed by atoms with E-state index in [-0.39, 0.29) is 10.2 Å². The Bertz CT molecular complexity index is 594. The van der Waals surface area contributed by atoms with E-state index in [1.165, 1.54) is 23.5 Å². The van der Waals surface area contributed by atoms with Crippen molar-refractivity contribution in [1.82, 2.24) is 0 Å². The number of carbonyl (C=O) groups excluding carboxylic acids is 2. The van der Waals surface area contributed by atoms with Crippen LogP contribution in [0.1, 0.15) is 11.1 Å². The summed E-state index contributed by atoms with van der Waals surface area (Å²) in [5.41, 5.74) is 2.30. The maximum Gasteiger partial charge on any atom is 0.267 e. The third-order valence-corrected chi connectivity index (χ3v) is 6.05. The van der Waals surface area contributed by atoms with Crippen LogP contribution in [0.15, 0.2) is 60.7 Å². The van der Waals surface area contributed by atoms with Crippen LogP contribution in [0.4, 0.5) is 0 Å². The normalized spacial score (nSPS) is 17.1. The summed E-state index contributed by atoms with van der Waals surface area (Å²) in [5, 5.41) is -0.654. The van der Waals surface area contributed by atoms with Gasteiger partial charge in [0.2, 0.25) is 0 Å². The minimum absolute atomic E-state index is 0.327. The Balaban J connectivity index is 1.89. The van der Waals surface area contributed by atoms with Gasteiger partial charge in [-0.15, -0.1) is 0 Å². The van der Waals surface area contributed by atoms with E-state index in [0.29, 0.717) is 12.8 Å². The van der Waals surface area contributed by atoms with Crippen molar-refractivity contribution in [3.63, 3.8) is 0 Å². The van der Waals surface area contributed by atoms with Crippen LogP contribution in [-0.4, -0.2) is 14.3 Å². The highest BCUT2D eigenvalue weighted by Gasteiger charge is 2.46. The molecular formula is C17H14O2S2. The van der Waals surface area contributed by atoms with Crippen molar-refractivity contribution >= 4 is 33.8 Å². The van der Waals surface area contributed by atoms with Crippen molar-refractivity contribution in [2.75, 3.05) is 0 Å². The summed E-state index contributed by atoms with van der Waals surface area (Å²) in [4.78, 5) is 23.5. The van der Waals surface area contributed by atoms with Gasteiger partial charge in [0.05, 0.1) is 4.08 Å². The molecule has 0 bridgehead atoms. The fourth-order valence-electron chi connectivity index (χ4n) is 2.46. The maximum absolute atomic E-state index is 11.8. The lowest BCUT2D eigenvalue weighted by Crippen LogP contribution is -2.24. The number of rotatable bonds is 4. The molecule has 0 aromatic heterocycles. The highest BCUT2D eigenvalue weighted by atomic mass is 32.2. The molecule has 0 atom stereocenters. The molecule has 0 amide bonds. The summed E-state index contributed by atoms with van der Waals surface area (Å²) in [7, 11) is 0. The first kappa shape index (κ1) is 14.4. The van der Waals surface area contributed by atoms with Crippen molar-refractivity contribution < 1.29 is 9.59 Å². The monoisotopic (exact) mass is 314 g/mol. The van der Waals surface area contributed by atoms with Gasteiger partial charge in [-0.2, -0.15) is 0 Å². The van der Waals surface area contributed by atoms with E-state index in [4.69, 9.17) is 0 Å². The Morgan fingerprint density at radius 2 is 1.05 bits per heavy atom. The van der Waals surface area contributed by atoms with Crippen LogP contribution in [0.25, 0.3) is 0 Å². The molecule has 1 fully saturated rings. The first-order chi connectivity index (χ1) is 10.2. The van der Waals surface area contributed by atoms with Crippen LogP contribution in [0, 0.1) is 0 Å². The van der Waals surface area contributed by atoms with Gasteiger partial charge < -0.3 is 0 Å². The van der Waals surface area contributed by atoms with E-state index < -0.39 is 4.08 Å². The lowest BCUT2D eigenvalue weighted by Gasteiger charge is -2.25. The van der Waals surface area contributed by atoms with Crippen molar-refractivity contribution in [1.29, 1.82) is 0 Å². The molecule has 21 heavy (non-hydrogen) atoms. The minimum atomic E-state index is -0.420. The van der Waals surface area contributed by atoms with Crippen LogP contribution >= 0.6 is 23.5 Å². The lowest BCUT2D eigenvalue weighted by atomic mass is 10.0. The highest BCUT2D eigenvalue weighted by Crippen LogP contribution is 2.49. The first-order valence-electron chi connectivity index (χ1n) is 6.71. The molecule has 2 aromatic rings. The van der Waals surface area contributed by atoms with Gasteiger partial charge in [-0.1, -0.05) is 84.2 Å². The van der Waals surface area contributed by atoms with E-state index in [9.17, 15) is 9.59 Å². The SMILES string of the molecule is O=C1SC(Cc2ccccc2)(Cc2ccccc2)SC1=O. The predicted molar refractivity (Wildman–Crippen MR) is 88.2 cm³/mol. The third-order valence-electron chi connectivity index (χ3n) is 3.36. The average Bonchev–Trinajstić information content (AvgIpc) is 2.75. The number of hydrogen-bond donors (Lipinski definition) is 0. The number of thioether (sulfide) groups is 2. The molecule has 0 spiro atoms. The molecule has 1 aliphatic heterocycles. The van der Waals surface area contributed by atoms with Crippen LogP contribution in [0.3, 0.4) is 0 Å². The summed E-state index contributed by atoms with van der Waals surface area (Å²) in [6, 6.07) is 20.1. The zero-order valence-electron chi connectivity index (χ0n) is 11.3. The van der Waals surface area contributed by atoms with Gasteiger partial charge in [0.15, 0.2) is 0 Å². The second kappa shape index (κ2) is 6.08. The van der Waals surface area contributed by atoms with Gasteiger partial charge >= 0.3 is 0 Å². The van der Waals surface area contributed by atoms with Crippen LogP contribution in [0.5, 0.6) is 0 Å². The fraction of sp³-hybridized carbons (Fsp3) is 0.176. The van der Waals surface area contributed by atoms with Crippen molar-refractivity contribution in [2.45, 2.75) is 16.9 Å². The Hall–Kier alpha value is -1.52. The molecule has 2 aromatic carbocycles. The van der Waals surface area contributed by atoms with E-state index >= 15 is 0 Å². The summed E-state index contributed by atoms with van der Waals surface area (Å²) < 4.78 is -0.420. The third kappa shape index (κ3) is 3.39. The van der Waals surface area contributed by atoms with Gasteiger partial charge in [-0.25, -0.2) is 0 Å². The van der Waals surface area contributed by atoms with Gasteiger partial charge in [-0.05, 0) is 24.0 Å². The average molecular weight is 314 g/mol. The number of carbonyl (C=O) groups is 2. The second-order valence-electron chi connectivity index (χ2n) is 5.01. The lowest BCUT2D eigenvalue weighted by molar-refractivity contribution is -0.126. The Kier molecular flexibility index (Phi) is 4.17. The Morgan fingerprint density at radius 3 is 1.43 bits per heavy atom. The van der Waals surface area contributed by atoms with Crippen LogP contribution in [-0.2, 0) is 22.4 Å². The smallest absolute Gasteiger partial charge is 0.267 e. The molecular weight excluding hydrogens is 300 g/mol. The van der Waals surface area contributed by atoms with E-state index in [1.807, 2.05) is 60.7 Å². The molecule has 2 nitrogen and oxygen atoms in total. The quantitative estimate of drug-likeness (QED) is 0.806. The molecule has 1 saturated heterocycles. The second-order valence-corrected chi connectivity index (χ2v) is 7.99. The molecule has 0 unspecified atom stereocenters. The molecule has 0 saturated carbocycles. The van der Waals surface area contributed by atoms with E-state index in [2.05, 4.69) is 0 Å². The van der Waals surface area contributed by atoms with Crippen LogP contribution < -0.4 is 0 Å². The summed E-state index contributed by atoms with van der Waals surface area (Å²) >= 11 is 2.37. The van der Waals surface area contributed by atoms with Crippen LogP contribution in [0.2, 0.25) is 0 Å². The Morgan fingerprint density at radius 1 is 0.667 bits per heavy atom. The topological polar surface area (TPSA) is 34.1 Å². The molecule has 0 radical (unpaired) electrons.